The van der Waals surface area contributed by atoms with E-state index in [1.54, 1.807) is 0 Å². The first-order chi connectivity index (χ1) is 7.42. The molecule has 0 aliphatic heterocycles. The summed E-state index contributed by atoms with van der Waals surface area (Å²) in [6.07, 6.45) is 8.61. The fourth-order valence-corrected chi connectivity index (χ4v) is 1.64. The molecule has 76 valence electrons. The van der Waals surface area contributed by atoms with E-state index >= 15 is 0 Å². The van der Waals surface area contributed by atoms with Crippen LogP contribution in [-0.2, 0) is 0 Å². The molecule has 0 fully saturated rings. The lowest BCUT2D eigenvalue weighted by Crippen LogP contribution is -1.81. The van der Waals surface area contributed by atoms with Crippen molar-refractivity contribution in [3.8, 4) is 0 Å². The van der Waals surface area contributed by atoms with E-state index in [1.807, 2.05) is 18.3 Å². The Bertz CT molecular complexity index is 466. The quantitative estimate of drug-likeness (QED) is 0.723. The molecule has 0 amide bonds. The van der Waals surface area contributed by atoms with Gasteiger partial charge in [0.05, 0.1) is 5.52 Å². The normalized spacial score (nSPS) is 11.3. The number of hydrogen-bond donors (Lipinski definition) is 0. The highest BCUT2D eigenvalue weighted by atomic mass is 14.6. The monoisotopic (exact) mass is 197 g/mol. The van der Waals surface area contributed by atoms with Gasteiger partial charge in [-0.05, 0) is 24.1 Å². The number of para-hydroxylation sites is 1. The molecule has 0 bridgehead atoms. The molecule has 2 rings (SSSR count). The van der Waals surface area contributed by atoms with Crippen LogP contribution in [0.4, 0.5) is 0 Å². The molecule has 0 saturated carbocycles. The average molecular weight is 197 g/mol. The molecule has 0 aliphatic carbocycles. The van der Waals surface area contributed by atoms with Gasteiger partial charge in [0.15, 0.2) is 0 Å². The fraction of sp³-hybridized carbons (Fsp3) is 0.214. The summed E-state index contributed by atoms with van der Waals surface area (Å²) in [4.78, 5) is 4.34. The molecule has 1 nitrogen and oxygen atoms in total. The maximum atomic E-state index is 4.34. The third kappa shape index (κ3) is 2.24. The number of unbranched alkanes of at least 4 members (excludes halogenated alkanes) is 1. The fourth-order valence-electron chi connectivity index (χ4n) is 1.64. The molecule has 15 heavy (non-hydrogen) atoms. The van der Waals surface area contributed by atoms with Crippen molar-refractivity contribution in [2.75, 3.05) is 0 Å². The molecule has 0 atom stereocenters. The third-order valence-electron chi connectivity index (χ3n) is 2.44. The average Bonchev–Trinajstić information content (AvgIpc) is 2.30. The van der Waals surface area contributed by atoms with Crippen LogP contribution in [0.25, 0.3) is 17.0 Å². The van der Waals surface area contributed by atoms with Gasteiger partial charge in [0.2, 0.25) is 0 Å². The Labute approximate surface area is 90.5 Å². The number of rotatable bonds is 3. The van der Waals surface area contributed by atoms with E-state index in [9.17, 15) is 0 Å². The number of nitrogens with zero attached hydrogens (tertiary/aromatic N) is 1. The molecule has 0 unspecified atom stereocenters. The van der Waals surface area contributed by atoms with Gasteiger partial charge in [-0.25, -0.2) is 0 Å². The smallest absolute Gasteiger partial charge is 0.0707 e. The van der Waals surface area contributed by atoms with Gasteiger partial charge in [0.25, 0.3) is 0 Å². The second-order valence-electron chi connectivity index (χ2n) is 3.61. The molecule has 0 aliphatic rings. The summed E-state index contributed by atoms with van der Waals surface area (Å²) < 4.78 is 0. The molecule has 0 radical (unpaired) electrons. The molecule has 0 spiro atoms. The lowest BCUT2D eigenvalue weighted by Gasteiger charge is -2.00. The molecule has 1 heterocycles. The second-order valence-corrected chi connectivity index (χ2v) is 3.61. The summed E-state index contributed by atoms with van der Waals surface area (Å²) in [5.74, 6) is 0. The topological polar surface area (TPSA) is 12.9 Å². The number of aromatic nitrogens is 1. The second kappa shape index (κ2) is 4.74. The van der Waals surface area contributed by atoms with Crippen LogP contribution in [0.5, 0.6) is 0 Å². The largest absolute Gasteiger partial charge is 0.256 e. The van der Waals surface area contributed by atoms with Crippen molar-refractivity contribution in [2.24, 2.45) is 0 Å². The van der Waals surface area contributed by atoms with Crippen LogP contribution in [-0.4, -0.2) is 4.98 Å². The van der Waals surface area contributed by atoms with E-state index < -0.39 is 0 Å². The van der Waals surface area contributed by atoms with Crippen LogP contribution in [0.15, 0.2) is 42.6 Å². The maximum Gasteiger partial charge on any atom is 0.0707 e. The van der Waals surface area contributed by atoms with Crippen LogP contribution < -0.4 is 0 Å². The summed E-state index contributed by atoms with van der Waals surface area (Å²) >= 11 is 0. The molecule has 1 aromatic carbocycles. The van der Waals surface area contributed by atoms with E-state index in [4.69, 9.17) is 0 Å². The van der Waals surface area contributed by atoms with Crippen molar-refractivity contribution >= 4 is 17.0 Å². The minimum atomic E-state index is 1.07. The highest BCUT2D eigenvalue weighted by molar-refractivity contribution is 5.87. The van der Waals surface area contributed by atoms with E-state index in [-0.39, 0.29) is 0 Å². The summed E-state index contributed by atoms with van der Waals surface area (Å²) in [6.45, 7) is 2.19. The zero-order valence-corrected chi connectivity index (χ0v) is 8.98. The molecule has 2 aromatic rings. The number of hydrogen-bond acceptors (Lipinski definition) is 1. The lowest BCUT2D eigenvalue weighted by atomic mass is 10.1. The Hall–Kier alpha value is -1.63. The highest BCUT2D eigenvalue weighted by Crippen LogP contribution is 2.17. The van der Waals surface area contributed by atoms with Crippen LogP contribution >= 0.6 is 0 Å². The number of fused-ring (bicyclic) bond motifs is 1. The van der Waals surface area contributed by atoms with Gasteiger partial charge in [-0.2, -0.15) is 0 Å². The van der Waals surface area contributed by atoms with Gasteiger partial charge in [-0.15, -0.1) is 0 Å². The maximum absolute atomic E-state index is 4.34. The van der Waals surface area contributed by atoms with E-state index in [2.05, 4.69) is 42.3 Å². The molecular formula is C14H15N. The molecule has 1 aromatic heterocycles. The third-order valence-corrected chi connectivity index (χ3v) is 2.44. The highest BCUT2D eigenvalue weighted by Gasteiger charge is 1.96. The van der Waals surface area contributed by atoms with Crippen molar-refractivity contribution in [1.29, 1.82) is 0 Å². The number of benzene rings is 1. The van der Waals surface area contributed by atoms with Gasteiger partial charge in [-0.3, -0.25) is 4.98 Å². The Morgan fingerprint density at radius 3 is 2.93 bits per heavy atom. The Morgan fingerprint density at radius 2 is 2.07 bits per heavy atom. The molecule has 0 N–H and O–H groups in total. The minimum Gasteiger partial charge on any atom is -0.256 e. The first-order valence-corrected chi connectivity index (χ1v) is 5.42. The Morgan fingerprint density at radius 1 is 1.20 bits per heavy atom. The molecule has 0 saturated heterocycles. The van der Waals surface area contributed by atoms with Gasteiger partial charge < -0.3 is 0 Å². The van der Waals surface area contributed by atoms with Crippen LogP contribution in [0.2, 0.25) is 0 Å². The number of pyridine rings is 1. The summed E-state index contributed by atoms with van der Waals surface area (Å²) in [5, 5.41) is 1.23. The van der Waals surface area contributed by atoms with Crippen molar-refractivity contribution < 1.29 is 0 Å². The van der Waals surface area contributed by atoms with Crippen molar-refractivity contribution in [2.45, 2.75) is 19.8 Å². The zero-order valence-electron chi connectivity index (χ0n) is 8.98. The minimum absolute atomic E-state index is 1.07. The van der Waals surface area contributed by atoms with Gasteiger partial charge in [-0.1, -0.05) is 43.7 Å². The van der Waals surface area contributed by atoms with E-state index in [1.165, 1.54) is 17.4 Å². The SMILES string of the molecule is CCCC=Cc1ccnc2ccccc12. The van der Waals surface area contributed by atoms with Crippen LogP contribution in [0.1, 0.15) is 25.3 Å². The predicted molar refractivity (Wildman–Crippen MR) is 65.7 cm³/mol. The summed E-state index contributed by atoms with van der Waals surface area (Å²) in [6, 6.07) is 10.3. The zero-order chi connectivity index (χ0) is 10.5. The molecular weight excluding hydrogens is 182 g/mol. The van der Waals surface area contributed by atoms with Crippen molar-refractivity contribution in [3.63, 3.8) is 0 Å². The standard InChI is InChI=1S/C14H15N/c1-2-3-4-7-12-10-11-15-14-9-6-5-8-13(12)14/h4-11H,2-3H2,1H3. The number of allylic oxidation sites excluding steroid dienone is 1. The molecule has 1 heteroatoms. The van der Waals surface area contributed by atoms with Crippen LogP contribution in [0.3, 0.4) is 0 Å². The summed E-state index contributed by atoms with van der Waals surface area (Å²) in [5.41, 5.74) is 2.32. The van der Waals surface area contributed by atoms with E-state index in [0.29, 0.717) is 0 Å². The Balaban J connectivity index is 2.42. The van der Waals surface area contributed by atoms with E-state index in [0.717, 1.165) is 11.9 Å². The van der Waals surface area contributed by atoms with Crippen molar-refractivity contribution in [1.82, 2.24) is 4.98 Å². The first kappa shape index (κ1) is 9.91. The van der Waals surface area contributed by atoms with Gasteiger partial charge >= 0.3 is 0 Å². The lowest BCUT2D eigenvalue weighted by molar-refractivity contribution is 0.962. The predicted octanol–water partition coefficient (Wildman–Crippen LogP) is 4.05. The first-order valence-electron chi connectivity index (χ1n) is 5.42. The Kier molecular flexibility index (Phi) is 3.13. The summed E-state index contributed by atoms with van der Waals surface area (Å²) in [7, 11) is 0. The van der Waals surface area contributed by atoms with Crippen molar-refractivity contribution in [3.05, 3.63) is 48.2 Å². The van der Waals surface area contributed by atoms with Crippen LogP contribution in [0, 0.1) is 0 Å². The van der Waals surface area contributed by atoms with Gasteiger partial charge in [0.1, 0.15) is 0 Å². The van der Waals surface area contributed by atoms with Gasteiger partial charge in [0, 0.05) is 11.6 Å².